The van der Waals surface area contributed by atoms with Gasteiger partial charge in [-0.15, -0.1) is 0 Å². The molecule has 0 bridgehead atoms. The van der Waals surface area contributed by atoms with Crippen LogP contribution in [0.1, 0.15) is 18.0 Å². The minimum atomic E-state index is -0.853. The van der Waals surface area contributed by atoms with Crippen molar-refractivity contribution in [1.82, 2.24) is 5.32 Å². The van der Waals surface area contributed by atoms with Crippen molar-refractivity contribution in [3.05, 3.63) is 65.7 Å². The number of amides is 2. The number of urea groups is 1. The second-order valence-corrected chi connectivity index (χ2v) is 4.67. The summed E-state index contributed by atoms with van der Waals surface area (Å²) in [7, 11) is 0. The summed E-state index contributed by atoms with van der Waals surface area (Å²) in [5.41, 5.74) is 0.288. The molecule has 4 nitrogen and oxygen atoms in total. The Kier molecular flexibility index (Phi) is 5.43. The van der Waals surface area contributed by atoms with Crippen LogP contribution in [0.3, 0.4) is 0 Å². The maximum atomic E-state index is 13.5. The van der Waals surface area contributed by atoms with Gasteiger partial charge in [-0.1, -0.05) is 36.4 Å². The largest absolute Gasteiger partial charge is 0.396 e. The van der Waals surface area contributed by atoms with Gasteiger partial charge >= 0.3 is 6.03 Å². The first-order chi connectivity index (χ1) is 10.6. The van der Waals surface area contributed by atoms with Gasteiger partial charge in [-0.2, -0.15) is 0 Å². The molecule has 3 N–H and O–H groups in total. The summed E-state index contributed by atoms with van der Waals surface area (Å²) in [4.78, 5) is 11.9. The second-order valence-electron chi connectivity index (χ2n) is 4.67. The number of nitrogens with one attached hydrogen (secondary N) is 2. The van der Waals surface area contributed by atoms with E-state index in [1.54, 1.807) is 24.3 Å². The number of aliphatic hydroxyl groups excluding tert-OH is 1. The number of benzene rings is 2. The average Bonchev–Trinajstić information content (AvgIpc) is 2.51. The van der Waals surface area contributed by atoms with Crippen LogP contribution in [-0.2, 0) is 0 Å². The van der Waals surface area contributed by atoms with Crippen molar-refractivity contribution in [3.8, 4) is 0 Å². The molecule has 2 rings (SSSR count). The molecule has 0 aromatic heterocycles. The lowest BCUT2D eigenvalue weighted by Crippen LogP contribution is -2.33. The Morgan fingerprint density at radius 2 is 1.68 bits per heavy atom. The van der Waals surface area contributed by atoms with Gasteiger partial charge in [0, 0.05) is 6.61 Å². The second kappa shape index (κ2) is 7.51. The summed E-state index contributed by atoms with van der Waals surface area (Å²) in [6.45, 7) is -0.131. The van der Waals surface area contributed by atoms with Gasteiger partial charge in [0.1, 0.15) is 17.3 Å². The van der Waals surface area contributed by atoms with E-state index in [4.69, 9.17) is 5.11 Å². The fourth-order valence-corrected chi connectivity index (χ4v) is 2.06. The topological polar surface area (TPSA) is 61.4 Å². The molecule has 0 saturated heterocycles. The molecule has 6 heteroatoms. The van der Waals surface area contributed by atoms with Gasteiger partial charge in [0.25, 0.3) is 0 Å². The van der Waals surface area contributed by atoms with E-state index >= 15 is 0 Å². The Hall–Kier alpha value is -2.47. The Morgan fingerprint density at radius 1 is 1.05 bits per heavy atom. The van der Waals surface area contributed by atoms with Crippen molar-refractivity contribution >= 4 is 11.7 Å². The third kappa shape index (κ3) is 4.02. The van der Waals surface area contributed by atoms with Crippen LogP contribution in [0.15, 0.2) is 48.5 Å². The maximum Gasteiger partial charge on any atom is 0.319 e. The minimum absolute atomic E-state index is 0.131. The van der Waals surface area contributed by atoms with E-state index in [9.17, 15) is 13.6 Å². The Bertz CT molecular complexity index is 615. The number of rotatable bonds is 5. The highest BCUT2D eigenvalue weighted by atomic mass is 19.1. The van der Waals surface area contributed by atoms with Crippen molar-refractivity contribution in [2.75, 3.05) is 11.9 Å². The highest BCUT2D eigenvalue weighted by Crippen LogP contribution is 2.19. The summed E-state index contributed by atoms with van der Waals surface area (Å²) in [5.74, 6) is -1.71. The zero-order valence-electron chi connectivity index (χ0n) is 11.7. The minimum Gasteiger partial charge on any atom is -0.396 e. The molecule has 116 valence electrons. The van der Waals surface area contributed by atoms with Crippen LogP contribution in [0.2, 0.25) is 0 Å². The van der Waals surface area contributed by atoms with Gasteiger partial charge in [0.2, 0.25) is 0 Å². The molecule has 0 radical (unpaired) electrons. The number of halogens is 2. The quantitative estimate of drug-likeness (QED) is 0.794. The molecule has 0 heterocycles. The molecule has 22 heavy (non-hydrogen) atoms. The molecular weight excluding hydrogens is 290 g/mol. The monoisotopic (exact) mass is 306 g/mol. The van der Waals surface area contributed by atoms with Crippen molar-refractivity contribution in [2.24, 2.45) is 0 Å². The average molecular weight is 306 g/mol. The number of anilines is 1. The van der Waals surface area contributed by atoms with Gasteiger partial charge in [0.05, 0.1) is 6.04 Å². The third-order valence-electron chi connectivity index (χ3n) is 3.13. The number of hydrogen-bond acceptors (Lipinski definition) is 2. The number of aliphatic hydroxyl groups is 1. The number of hydrogen-bond donors (Lipinski definition) is 3. The normalized spacial score (nSPS) is 11.8. The number of carbonyl (C=O) groups excluding carboxylic acids is 1. The fraction of sp³-hybridized carbons (Fsp3) is 0.188. The molecule has 2 aromatic carbocycles. The first-order valence-electron chi connectivity index (χ1n) is 6.79. The molecule has 0 aliphatic heterocycles. The lowest BCUT2D eigenvalue weighted by molar-refractivity contribution is 0.239. The van der Waals surface area contributed by atoms with E-state index in [1.807, 2.05) is 6.07 Å². The third-order valence-corrected chi connectivity index (χ3v) is 3.13. The van der Waals surface area contributed by atoms with Gasteiger partial charge in [-0.3, -0.25) is 0 Å². The molecule has 0 spiro atoms. The van der Waals surface area contributed by atoms with Crippen LogP contribution >= 0.6 is 0 Å². The lowest BCUT2D eigenvalue weighted by atomic mass is 10.0. The Labute approximate surface area is 126 Å². The molecule has 0 saturated carbocycles. The lowest BCUT2D eigenvalue weighted by Gasteiger charge is -2.19. The molecule has 2 amide bonds. The zero-order chi connectivity index (χ0) is 15.9. The summed E-state index contributed by atoms with van der Waals surface area (Å²) < 4.78 is 27.0. The van der Waals surface area contributed by atoms with Crippen molar-refractivity contribution in [1.29, 1.82) is 0 Å². The standard InChI is InChI=1S/C16H16F2N2O2/c17-12-7-4-8-13(18)15(12)20-16(22)19-14(9-10-21)11-5-2-1-3-6-11/h1-8,14,21H,9-10H2,(H2,19,20,22)/t14-/m1/s1. The van der Waals surface area contributed by atoms with Crippen molar-refractivity contribution in [2.45, 2.75) is 12.5 Å². The smallest absolute Gasteiger partial charge is 0.319 e. The summed E-state index contributed by atoms with van der Waals surface area (Å²) in [5, 5.41) is 13.8. The molecule has 0 aliphatic rings. The summed E-state index contributed by atoms with van der Waals surface area (Å²) >= 11 is 0. The van der Waals surface area contributed by atoms with Crippen molar-refractivity contribution < 1.29 is 18.7 Å². The summed E-state index contributed by atoms with van der Waals surface area (Å²) in [6, 6.07) is 11.1. The first kappa shape index (κ1) is 15.9. The predicted molar refractivity (Wildman–Crippen MR) is 79.4 cm³/mol. The van der Waals surface area contributed by atoms with Crippen LogP contribution in [0.4, 0.5) is 19.3 Å². The predicted octanol–water partition coefficient (Wildman–Crippen LogP) is 3.21. The molecule has 1 atom stereocenters. The highest BCUT2D eigenvalue weighted by molar-refractivity contribution is 5.89. The molecule has 2 aromatic rings. The van der Waals surface area contributed by atoms with Crippen molar-refractivity contribution in [3.63, 3.8) is 0 Å². The molecule has 0 unspecified atom stereocenters. The van der Waals surface area contributed by atoms with E-state index in [0.29, 0.717) is 0 Å². The van der Waals surface area contributed by atoms with E-state index in [-0.39, 0.29) is 13.0 Å². The van der Waals surface area contributed by atoms with E-state index < -0.39 is 29.4 Å². The van der Waals surface area contributed by atoms with E-state index in [1.165, 1.54) is 6.07 Å². The molecular formula is C16H16F2N2O2. The highest BCUT2D eigenvalue weighted by Gasteiger charge is 2.16. The van der Waals surface area contributed by atoms with Crippen LogP contribution in [0.25, 0.3) is 0 Å². The fourth-order valence-electron chi connectivity index (χ4n) is 2.06. The van der Waals surface area contributed by atoms with E-state index in [2.05, 4.69) is 10.6 Å². The van der Waals surface area contributed by atoms with Gasteiger partial charge in [0.15, 0.2) is 0 Å². The maximum absolute atomic E-state index is 13.5. The number of para-hydroxylation sites is 1. The SMILES string of the molecule is O=C(Nc1c(F)cccc1F)N[C@H](CCO)c1ccccc1. The zero-order valence-corrected chi connectivity index (χ0v) is 11.7. The van der Waals surface area contributed by atoms with Gasteiger partial charge in [-0.25, -0.2) is 13.6 Å². The van der Waals surface area contributed by atoms with Crippen LogP contribution < -0.4 is 10.6 Å². The van der Waals surface area contributed by atoms with Gasteiger partial charge in [-0.05, 0) is 24.1 Å². The van der Waals surface area contributed by atoms with E-state index in [0.717, 1.165) is 17.7 Å². The number of carbonyl (C=O) groups is 1. The molecule has 0 fully saturated rings. The first-order valence-corrected chi connectivity index (χ1v) is 6.79. The van der Waals surface area contributed by atoms with Gasteiger partial charge < -0.3 is 15.7 Å². The molecule has 0 aliphatic carbocycles. The summed E-state index contributed by atoms with van der Waals surface area (Å²) in [6.07, 6.45) is 0.289. The Balaban J connectivity index is 2.09. The Morgan fingerprint density at radius 3 is 2.27 bits per heavy atom. The van der Waals surface area contributed by atoms with Crippen LogP contribution in [-0.4, -0.2) is 17.7 Å². The van der Waals surface area contributed by atoms with Crippen LogP contribution in [0.5, 0.6) is 0 Å². The van der Waals surface area contributed by atoms with Crippen LogP contribution in [0, 0.1) is 11.6 Å².